The number of rotatable bonds is 0. The van der Waals surface area contributed by atoms with Gasteiger partial charge >= 0.3 is 48.4 Å². The molecule has 2 nitrogen and oxygen atoms in total. The number of carbonyl (C=O) groups excluding carboxylic acids is 1. The Kier molecular flexibility index (Phi) is 35.2. The van der Waals surface area contributed by atoms with Crippen LogP contribution < -0.4 is 24.0 Å². The molecule has 5 heteroatoms. The van der Waals surface area contributed by atoms with E-state index < -0.39 is 5.97 Å². The van der Waals surface area contributed by atoms with Crippen LogP contribution in [0.3, 0.4) is 0 Å². The van der Waals surface area contributed by atoms with Crippen molar-refractivity contribution in [2.45, 2.75) is 6.92 Å². The van der Waals surface area contributed by atoms with E-state index in [4.69, 9.17) is 9.90 Å². The molecule has 0 atom stereocenters. The van der Waals surface area contributed by atoms with Gasteiger partial charge in [-0.2, -0.15) is 0 Å². The van der Waals surface area contributed by atoms with Gasteiger partial charge in [0.05, 0.1) is 0 Å². The molecule has 0 radical (unpaired) electrons. The molecule has 0 aliphatic rings. The molecule has 32 valence electrons. The van der Waals surface area contributed by atoms with Crippen LogP contribution in [0.25, 0.3) is 0 Å². The summed E-state index contributed by atoms with van der Waals surface area (Å²) in [6.07, 6.45) is 0. The standard InChI is InChI=1S/C2H4O2.BrH.2Li/c1-2(3)4;;;/h1H3,(H,3,4);1H;;/q;;2*+1/p-2. The summed E-state index contributed by atoms with van der Waals surface area (Å²) in [4.78, 5) is 8.89. The first-order chi connectivity index (χ1) is 2.73. The summed E-state index contributed by atoms with van der Waals surface area (Å²) in [6, 6.07) is 0. The van der Waals surface area contributed by atoms with Crippen LogP contribution in [-0.4, -0.2) is 21.8 Å². The van der Waals surface area contributed by atoms with Gasteiger partial charge in [0.15, 0.2) is 0 Å². The Morgan fingerprint density at radius 1 is 1.71 bits per heavy atom. The average molecular weight is 153 g/mol. The molecule has 0 saturated carbocycles. The molecule has 0 N–H and O–H groups in total. The zero-order valence-electron chi connectivity index (χ0n) is 4.69. The second-order valence-corrected chi connectivity index (χ2v) is 0.492. The fraction of sp³-hybridized carbons (Fsp3) is 0.500. The topological polar surface area (TPSA) is 40.1 Å². The minimum absolute atomic E-state index is 0. The number of hydrogen-bond acceptors (Lipinski definition) is 2. The normalized spacial score (nSPS) is 4.57. The van der Waals surface area contributed by atoms with Crippen molar-refractivity contribution >= 4 is 35.5 Å². The Balaban J connectivity index is -0.0000000480. The molecule has 0 rings (SSSR count). The van der Waals surface area contributed by atoms with Gasteiger partial charge in [0.1, 0.15) is 0 Å². The van der Waals surface area contributed by atoms with Crippen LogP contribution in [-0.2, 0) is 4.79 Å². The molecule has 0 heterocycles. The summed E-state index contributed by atoms with van der Waals surface area (Å²) in [6.45, 7) is 0.972. The fourth-order valence-corrected chi connectivity index (χ4v) is 0. The van der Waals surface area contributed by atoms with Crippen molar-refractivity contribution in [1.82, 2.24) is 0 Å². The first-order valence-electron chi connectivity index (χ1n) is 1.29. The van der Waals surface area contributed by atoms with E-state index in [1.54, 1.807) is 0 Å². The van der Waals surface area contributed by atoms with Crippen molar-refractivity contribution in [2.75, 3.05) is 0 Å². The van der Waals surface area contributed by atoms with Crippen LogP contribution in [0.4, 0.5) is 0 Å². The number of halogens is 1. The SMILES string of the molecule is CC(=O)[O-].[Li+].[Li][Br]. The zero-order valence-corrected chi connectivity index (χ0v) is 6.28. The number of carbonyl (C=O) groups is 1. The summed E-state index contributed by atoms with van der Waals surface area (Å²) >= 11 is 4.75. The quantitative estimate of drug-likeness (QED) is 0.335. The van der Waals surface area contributed by atoms with E-state index in [2.05, 4.69) is 13.7 Å². The van der Waals surface area contributed by atoms with Crippen molar-refractivity contribution in [2.24, 2.45) is 0 Å². The molecule has 0 aliphatic heterocycles. The maximum atomic E-state index is 8.89. The monoisotopic (exact) mass is 152 g/mol. The predicted molar refractivity (Wildman–Crippen MR) is 25.4 cm³/mol. The molecule has 7 heavy (non-hydrogen) atoms. The predicted octanol–water partition coefficient (Wildman–Crippen LogP) is -3.77. The number of aliphatic carboxylic acids is 1. The van der Waals surface area contributed by atoms with Gasteiger partial charge in [-0.3, -0.25) is 0 Å². The van der Waals surface area contributed by atoms with E-state index in [0.29, 0.717) is 0 Å². The summed E-state index contributed by atoms with van der Waals surface area (Å²) < 4.78 is 0. The third-order valence-electron chi connectivity index (χ3n) is 0. The Hall–Kier alpha value is 1.14. The summed E-state index contributed by atoms with van der Waals surface area (Å²) in [7, 11) is 0. The van der Waals surface area contributed by atoms with E-state index in [0.717, 1.165) is 6.92 Å². The molecule has 0 aromatic heterocycles. The summed E-state index contributed by atoms with van der Waals surface area (Å²) in [5.74, 6) is -1.08. The van der Waals surface area contributed by atoms with Gasteiger partial charge in [-0.05, 0) is 6.92 Å². The molecule has 0 amide bonds. The molecular formula is C2H3BrLi2O2. The molecule has 0 fully saturated rings. The molecule has 0 aliphatic carbocycles. The molecule has 0 unspecified atom stereocenters. The molecule has 0 spiro atoms. The molecule has 0 aromatic rings. The van der Waals surface area contributed by atoms with Gasteiger partial charge in [0.2, 0.25) is 0 Å². The minimum atomic E-state index is -1.08. The second-order valence-electron chi connectivity index (χ2n) is 0.492. The van der Waals surface area contributed by atoms with Crippen molar-refractivity contribution in [1.29, 1.82) is 0 Å². The van der Waals surface area contributed by atoms with E-state index in [1.165, 1.54) is 0 Å². The third kappa shape index (κ3) is 144. The maximum absolute atomic E-state index is 8.89. The first-order valence-corrected chi connectivity index (χ1v) is 2.87. The Morgan fingerprint density at radius 3 is 1.71 bits per heavy atom. The van der Waals surface area contributed by atoms with Gasteiger partial charge in [-0.25, -0.2) is 0 Å². The Morgan fingerprint density at radius 2 is 1.71 bits per heavy atom. The van der Waals surface area contributed by atoms with Crippen LogP contribution in [0, 0.1) is 0 Å². The average Bonchev–Trinajstić information content (AvgIpc) is 1.41. The van der Waals surface area contributed by atoms with Gasteiger partial charge < -0.3 is 9.90 Å². The Bertz CT molecular complexity index is 36.7. The molecule has 0 bridgehead atoms. The van der Waals surface area contributed by atoms with Crippen LogP contribution in [0.15, 0.2) is 0 Å². The van der Waals surface area contributed by atoms with Crippen molar-refractivity contribution < 1.29 is 28.8 Å². The number of carboxylic acids is 1. The molecule has 0 aromatic carbocycles. The van der Waals surface area contributed by atoms with E-state index in [9.17, 15) is 0 Å². The van der Waals surface area contributed by atoms with Crippen molar-refractivity contribution in [3.8, 4) is 0 Å². The number of hydrogen-bond donors (Lipinski definition) is 0. The van der Waals surface area contributed by atoms with Gasteiger partial charge in [-0.15, -0.1) is 0 Å². The summed E-state index contributed by atoms with van der Waals surface area (Å²) in [5, 5.41) is 8.89. The van der Waals surface area contributed by atoms with Crippen molar-refractivity contribution in [3.63, 3.8) is 0 Å². The first kappa shape index (κ1) is 15.7. The van der Waals surface area contributed by atoms with Crippen LogP contribution in [0.1, 0.15) is 6.92 Å². The van der Waals surface area contributed by atoms with Gasteiger partial charge in [0.25, 0.3) is 0 Å². The zero-order chi connectivity index (χ0) is 5.58. The van der Waals surface area contributed by atoms with Crippen LogP contribution in [0.2, 0.25) is 0 Å². The van der Waals surface area contributed by atoms with E-state index >= 15 is 0 Å². The Labute approximate surface area is 70.9 Å². The van der Waals surface area contributed by atoms with Crippen LogP contribution in [0.5, 0.6) is 0 Å². The molecular weight excluding hydrogens is 150 g/mol. The van der Waals surface area contributed by atoms with Gasteiger partial charge in [0, 0.05) is 5.97 Å². The third-order valence-corrected chi connectivity index (χ3v) is 0. The van der Waals surface area contributed by atoms with Crippen molar-refractivity contribution in [3.05, 3.63) is 0 Å². The van der Waals surface area contributed by atoms with E-state index in [1.807, 2.05) is 15.8 Å². The van der Waals surface area contributed by atoms with Crippen LogP contribution >= 0.6 is 13.7 Å². The van der Waals surface area contributed by atoms with E-state index in [-0.39, 0.29) is 18.9 Å². The molecule has 0 saturated heterocycles. The second kappa shape index (κ2) is 15.7. The fourth-order valence-electron chi connectivity index (χ4n) is 0. The van der Waals surface area contributed by atoms with Gasteiger partial charge in [-0.1, -0.05) is 0 Å². The summed E-state index contributed by atoms with van der Waals surface area (Å²) in [5.41, 5.74) is 0. The number of carboxylic acid groups (broad SMARTS) is 1.